The van der Waals surface area contributed by atoms with Gasteiger partial charge in [-0.05, 0) is 35.9 Å². The van der Waals surface area contributed by atoms with E-state index in [1.807, 2.05) is 0 Å². The number of sulfone groups is 1. The molecule has 0 unspecified atom stereocenters. The first kappa shape index (κ1) is 23.6. The molecular weight excluding hydrogens is 472 g/mol. The van der Waals surface area contributed by atoms with Crippen LogP contribution in [0.15, 0.2) is 66.0 Å². The van der Waals surface area contributed by atoms with Crippen LogP contribution in [0.5, 0.6) is 0 Å². The van der Waals surface area contributed by atoms with E-state index in [9.17, 15) is 26.0 Å². The van der Waals surface area contributed by atoms with Gasteiger partial charge in [0, 0.05) is 30.6 Å². The summed E-state index contributed by atoms with van der Waals surface area (Å²) in [6.07, 6.45) is -0.600. The van der Waals surface area contributed by atoms with Gasteiger partial charge in [0.1, 0.15) is 17.2 Å². The first-order valence-electron chi connectivity index (χ1n) is 10.1. The SMILES string of the molecule is CCS(=O)(=O)c1cc(-c2ccc(F)cc2)cnc1-c1ncc(-c2ccc(C(F)(F)F)nc2)n1C. The summed E-state index contributed by atoms with van der Waals surface area (Å²) >= 11 is 0. The number of nitrogens with zero attached hydrogens (tertiary/aromatic N) is 4. The Balaban J connectivity index is 1.82. The Labute approximate surface area is 192 Å². The summed E-state index contributed by atoms with van der Waals surface area (Å²) < 4.78 is 79.1. The first-order valence-corrected chi connectivity index (χ1v) is 11.7. The van der Waals surface area contributed by atoms with E-state index >= 15 is 0 Å². The van der Waals surface area contributed by atoms with Crippen LogP contribution < -0.4 is 0 Å². The van der Waals surface area contributed by atoms with E-state index in [1.54, 1.807) is 11.6 Å². The van der Waals surface area contributed by atoms with Crippen LogP contribution in [0, 0.1) is 5.82 Å². The first-order chi connectivity index (χ1) is 16.0. The summed E-state index contributed by atoms with van der Waals surface area (Å²) in [7, 11) is -2.13. The van der Waals surface area contributed by atoms with Gasteiger partial charge >= 0.3 is 6.18 Å². The molecule has 3 heterocycles. The van der Waals surface area contributed by atoms with Crippen molar-refractivity contribution in [2.45, 2.75) is 18.0 Å². The van der Waals surface area contributed by atoms with Crippen molar-refractivity contribution in [1.82, 2.24) is 19.5 Å². The minimum atomic E-state index is -4.56. The number of aromatic nitrogens is 4. The molecule has 4 rings (SSSR count). The van der Waals surface area contributed by atoms with Crippen LogP contribution in [0.2, 0.25) is 0 Å². The number of benzene rings is 1. The van der Waals surface area contributed by atoms with Crippen molar-refractivity contribution in [2.24, 2.45) is 7.05 Å². The predicted molar refractivity (Wildman–Crippen MR) is 118 cm³/mol. The van der Waals surface area contributed by atoms with Crippen molar-refractivity contribution < 1.29 is 26.0 Å². The van der Waals surface area contributed by atoms with E-state index < -0.39 is 27.5 Å². The molecule has 0 bridgehead atoms. The van der Waals surface area contributed by atoms with Crippen LogP contribution in [-0.4, -0.2) is 33.7 Å². The maximum absolute atomic E-state index is 13.3. The molecule has 6 nitrogen and oxygen atoms in total. The van der Waals surface area contributed by atoms with Gasteiger partial charge in [0.25, 0.3) is 0 Å². The summed E-state index contributed by atoms with van der Waals surface area (Å²) in [5.41, 5.74) is 0.952. The minimum absolute atomic E-state index is 0.0531. The van der Waals surface area contributed by atoms with Crippen molar-refractivity contribution in [3.63, 3.8) is 0 Å². The smallest absolute Gasteiger partial charge is 0.326 e. The Kier molecular flexibility index (Phi) is 5.98. The van der Waals surface area contributed by atoms with Crippen molar-refractivity contribution in [3.05, 3.63) is 72.6 Å². The van der Waals surface area contributed by atoms with Gasteiger partial charge in [-0.15, -0.1) is 0 Å². The molecule has 0 fully saturated rings. The van der Waals surface area contributed by atoms with Gasteiger partial charge in [-0.25, -0.2) is 17.8 Å². The van der Waals surface area contributed by atoms with Crippen LogP contribution in [-0.2, 0) is 23.1 Å². The Hall–Kier alpha value is -3.60. The Morgan fingerprint density at radius 3 is 2.12 bits per heavy atom. The molecule has 0 aliphatic carbocycles. The molecule has 3 aromatic heterocycles. The lowest BCUT2D eigenvalue weighted by Crippen LogP contribution is -2.09. The van der Waals surface area contributed by atoms with Gasteiger partial charge in [-0.2, -0.15) is 13.2 Å². The third-order valence-corrected chi connectivity index (χ3v) is 7.04. The second-order valence-corrected chi connectivity index (χ2v) is 9.68. The highest BCUT2D eigenvalue weighted by molar-refractivity contribution is 7.91. The fraction of sp³-hybridized carbons (Fsp3) is 0.174. The lowest BCUT2D eigenvalue weighted by Gasteiger charge is -2.12. The number of hydrogen-bond acceptors (Lipinski definition) is 5. The highest BCUT2D eigenvalue weighted by atomic mass is 32.2. The van der Waals surface area contributed by atoms with E-state index in [1.165, 1.54) is 55.7 Å². The van der Waals surface area contributed by atoms with Gasteiger partial charge in [0.15, 0.2) is 15.7 Å². The molecule has 0 aliphatic heterocycles. The molecule has 11 heteroatoms. The molecule has 4 aromatic rings. The second kappa shape index (κ2) is 8.64. The number of alkyl halides is 3. The third-order valence-electron chi connectivity index (χ3n) is 5.30. The van der Waals surface area contributed by atoms with E-state index in [2.05, 4.69) is 15.0 Å². The fourth-order valence-corrected chi connectivity index (χ4v) is 4.47. The summed E-state index contributed by atoms with van der Waals surface area (Å²) in [6, 6.07) is 9.16. The van der Waals surface area contributed by atoms with Crippen LogP contribution in [0.3, 0.4) is 0 Å². The average Bonchev–Trinajstić information content (AvgIpc) is 3.19. The molecule has 0 saturated heterocycles. The molecule has 1 aromatic carbocycles. The number of pyridine rings is 2. The normalized spacial score (nSPS) is 12.2. The lowest BCUT2D eigenvalue weighted by molar-refractivity contribution is -0.141. The van der Waals surface area contributed by atoms with Gasteiger partial charge in [0.2, 0.25) is 0 Å². The van der Waals surface area contributed by atoms with E-state index in [-0.39, 0.29) is 22.2 Å². The zero-order valence-electron chi connectivity index (χ0n) is 18.0. The lowest BCUT2D eigenvalue weighted by atomic mass is 10.1. The van der Waals surface area contributed by atoms with Gasteiger partial charge in [0.05, 0.1) is 22.5 Å². The maximum Gasteiger partial charge on any atom is 0.433 e. The van der Waals surface area contributed by atoms with Crippen molar-refractivity contribution in [3.8, 4) is 33.9 Å². The zero-order valence-corrected chi connectivity index (χ0v) is 18.8. The summed E-state index contributed by atoms with van der Waals surface area (Å²) in [4.78, 5) is 12.1. The Morgan fingerprint density at radius 1 is 0.882 bits per heavy atom. The summed E-state index contributed by atoms with van der Waals surface area (Å²) in [6.45, 7) is 1.50. The molecule has 0 saturated carbocycles. The molecular formula is C23H18F4N4O2S. The van der Waals surface area contributed by atoms with Gasteiger partial charge < -0.3 is 4.57 Å². The summed E-state index contributed by atoms with van der Waals surface area (Å²) in [5.74, 6) is -0.394. The largest absolute Gasteiger partial charge is 0.433 e. The highest BCUT2D eigenvalue weighted by Crippen LogP contribution is 2.33. The number of rotatable bonds is 5. The molecule has 0 aliphatic rings. The Morgan fingerprint density at radius 2 is 1.53 bits per heavy atom. The molecule has 176 valence electrons. The highest BCUT2D eigenvalue weighted by Gasteiger charge is 2.32. The number of imidazole rings is 1. The maximum atomic E-state index is 13.3. The van der Waals surface area contributed by atoms with Crippen LogP contribution >= 0.6 is 0 Å². The quantitative estimate of drug-likeness (QED) is 0.361. The molecule has 0 atom stereocenters. The predicted octanol–water partition coefficient (Wildman–Crippen LogP) is 5.16. The third kappa shape index (κ3) is 4.43. The van der Waals surface area contributed by atoms with Gasteiger partial charge in [-0.1, -0.05) is 19.1 Å². The monoisotopic (exact) mass is 490 g/mol. The van der Waals surface area contributed by atoms with Crippen molar-refractivity contribution in [1.29, 1.82) is 0 Å². The topological polar surface area (TPSA) is 77.7 Å². The summed E-state index contributed by atoms with van der Waals surface area (Å²) in [5, 5.41) is 0. The molecule has 0 spiro atoms. The zero-order chi connectivity index (χ0) is 24.7. The minimum Gasteiger partial charge on any atom is -0.326 e. The standard InChI is InChI=1S/C23H18F4N4O2S/c1-3-34(32,33)19-10-16(14-4-7-17(24)8-5-14)12-29-21(19)22-30-13-18(31(22)2)15-6-9-20(28-11-15)23(25,26)27/h4-13H,3H2,1-2H3. The average molecular weight is 490 g/mol. The molecule has 0 radical (unpaired) electrons. The van der Waals surface area contributed by atoms with Crippen molar-refractivity contribution in [2.75, 3.05) is 5.75 Å². The molecule has 0 N–H and O–H groups in total. The van der Waals surface area contributed by atoms with Gasteiger partial charge in [-0.3, -0.25) is 9.97 Å². The van der Waals surface area contributed by atoms with E-state index in [4.69, 9.17) is 0 Å². The molecule has 34 heavy (non-hydrogen) atoms. The Bertz CT molecular complexity index is 1450. The van der Waals surface area contributed by atoms with Crippen molar-refractivity contribution >= 4 is 9.84 Å². The van der Waals surface area contributed by atoms with Crippen LogP contribution in [0.1, 0.15) is 12.6 Å². The van der Waals surface area contributed by atoms with Crippen LogP contribution in [0.25, 0.3) is 33.9 Å². The second-order valence-electron chi connectivity index (χ2n) is 7.44. The fourth-order valence-electron chi connectivity index (χ4n) is 3.42. The van der Waals surface area contributed by atoms with E-state index in [0.29, 0.717) is 22.4 Å². The van der Waals surface area contributed by atoms with Crippen LogP contribution in [0.4, 0.5) is 17.6 Å². The van der Waals surface area contributed by atoms with E-state index in [0.717, 1.165) is 12.3 Å². The molecule has 0 amide bonds. The number of hydrogen-bond donors (Lipinski definition) is 0. The number of halogens is 4.